The summed E-state index contributed by atoms with van der Waals surface area (Å²) in [5, 5.41) is 19.5. The van der Waals surface area contributed by atoms with Crippen LogP contribution in [-0.4, -0.2) is 43.4 Å². The molecule has 3 aromatic rings. The molecular weight excluding hydrogens is 392 g/mol. The molecule has 0 aliphatic carbocycles. The molecule has 0 aromatic carbocycles. The molecule has 0 spiro atoms. The van der Waals surface area contributed by atoms with Crippen molar-refractivity contribution in [2.45, 2.75) is 52.6 Å². The monoisotopic (exact) mass is 422 g/mol. The molecule has 9 nitrogen and oxygen atoms in total. The Bertz CT molecular complexity index is 1090. The SMILES string of the molecule is CCN(C)c1cc2c(c(C(C)(C)N)n1)CN(c1cccc(-c3nncn3CC)n1)C2O. The fourth-order valence-corrected chi connectivity index (χ4v) is 3.89. The second kappa shape index (κ2) is 7.90. The number of aryl methyl sites for hydroxylation is 1. The van der Waals surface area contributed by atoms with Crippen molar-refractivity contribution < 1.29 is 5.11 Å². The van der Waals surface area contributed by atoms with Crippen LogP contribution in [0.2, 0.25) is 0 Å². The zero-order valence-corrected chi connectivity index (χ0v) is 18.7. The molecule has 31 heavy (non-hydrogen) atoms. The Morgan fingerprint density at radius 1 is 1.26 bits per heavy atom. The summed E-state index contributed by atoms with van der Waals surface area (Å²) in [4.78, 5) is 13.5. The first kappa shape index (κ1) is 21.2. The molecule has 0 bridgehead atoms. The summed E-state index contributed by atoms with van der Waals surface area (Å²) in [6.45, 7) is 10.0. The van der Waals surface area contributed by atoms with Crippen LogP contribution in [0.5, 0.6) is 0 Å². The first-order valence-electron chi connectivity index (χ1n) is 10.6. The van der Waals surface area contributed by atoms with E-state index in [1.807, 2.05) is 66.5 Å². The third kappa shape index (κ3) is 3.75. The van der Waals surface area contributed by atoms with E-state index in [0.29, 0.717) is 23.9 Å². The summed E-state index contributed by atoms with van der Waals surface area (Å²) in [6, 6.07) is 7.67. The van der Waals surface area contributed by atoms with Crippen molar-refractivity contribution >= 4 is 11.6 Å². The fourth-order valence-electron chi connectivity index (χ4n) is 3.89. The van der Waals surface area contributed by atoms with E-state index in [4.69, 9.17) is 15.7 Å². The summed E-state index contributed by atoms with van der Waals surface area (Å²) >= 11 is 0. The smallest absolute Gasteiger partial charge is 0.182 e. The Morgan fingerprint density at radius 2 is 2.03 bits per heavy atom. The molecule has 164 valence electrons. The second-order valence-corrected chi connectivity index (χ2v) is 8.46. The van der Waals surface area contributed by atoms with Crippen LogP contribution < -0.4 is 15.5 Å². The van der Waals surface area contributed by atoms with E-state index in [1.54, 1.807) is 6.33 Å². The predicted molar refractivity (Wildman–Crippen MR) is 120 cm³/mol. The van der Waals surface area contributed by atoms with Gasteiger partial charge in [-0.3, -0.25) is 0 Å². The van der Waals surface area contributed by atoms with Gasteiger partial charge in [0.2, 0.25) is 0 Å². The van der Waals surface area contributed by atoms with Gasteiger partial charge in [0, 0.05) is 37.8 Å². The Hall–Kier alpha value is -3.04. The van der Waals surface area contributed by atoms with Gasteiger partial charge >= 0.3 is 0 Å². The quantitative estimate of drug-likeness (QED) is 0.623. The van der Waals surface area contributed by atoms with Crippen LogP contribution in [0.4, 0.5) is 11.6 Å². The molecule has 0 radical (unpaired) electrons. The van der Waals surface area contributed by atoms with Crippen LogP contribution in [0, 0.1) is 0 Å². The molecule has 4 heterocycles. The maximum absolute atomic E-state index is 11.3. The number of aliphatic hydroxyl groups excluding tert-OH is 1. The Morgan fingerprint density at radius 3 is 2.71 bits per heavy atom. The minimum Gasteiger partial charge on any atom is -0.369 e. The molecule has 1 aliphatic rings. The van der Waals surface area contributed by atoms with Crippen molar-refractivity contribution in [3.63, 3.8) is 0 Å². The maximum atomic E-state index is 11.3. The van der Waals surface area contributed by atoms with Gasteiger partial charge in [0.25, 0.3) is 0 Å². The number of pyridine rings is 2. The van der Waals surface area contributed by atoms with Crippen LogP contribution in [0.3, 0.4) is 0 Å². The summed E-state index contributed by atoms with van der Waals surface area (Å²) in [6.07, 6.45) is 0.854. The zero-order valence-electron chi connectivity index (χ0n) is 18.7. The summed E-state index contributed by atoms with van der Waals surface area (Å²) < 4.78 is 1.94. The number of aliphatic hydroxyl groups is 1. The molecule has 3 N–H and O–H groups in total. The number of fused-ring (bicyclic) bond motifs is 1. The third-order valence-electron chi connectivity index (χ3n) is 5.74. The van der Waals surface area contributed by atoms with Crippen LogP contribution in [0.25, 0.3) is 11.5 Å². The Balaban J connectivity index is 1.76. The van der Waals surface area contributed by atoms with E-state index in [1.165, 1.54) is 0 Å². The summed E-state index contributed by atoms with van der Waals surface area (Å²) in [7, 11) is 1.98. The van der Waals surface area contributed by atoms with Crippen LogP contribution >= 0.6 is 0 Å². The van der Waals surface area contributed by atoms with E-state index in [2.05, 4.69) is 17.1 Å². The minimum atomic E-state index is -0.838. The Labute approximate surface area is 182 Å². The van der Waals surface area contributed by atoms with Crippen molar-refractivity contribution in [2.75, 3.05) is 23.4 Å². The molecule has 1 aliphatic heterocycles. The van der Waals surface area contributed by atoms with E-state index < -0.39 is 11.8 Å². The molecule has 1 atom stereocenters. The number of rotatable bonds is 6. The molecule has 1 unspecified atom stereocenters. The normalized spacial score (nSPS) is 16.0. The molecule has 9 heteroatoms. The van der Waals surface area contributed by atoms with Gasteiger partial charge in [0.05, 0.1) is 11.2 Å². The molecule has 0 saturated heterocycles. The lowest BCUT2D eigenvalue weighted by atomic mass is 9.94. The standard InChI is InChI=1S/C22H30N8O/c1-6-28(5)18-11-14-15(19(26-18)22(3,4)23)12-30(21(14)31)17-10-8-9-16(25-17)20-27-24-13-29(20)7-2/h8-11,13,21,31H,6-7,12,23H2,1-5H3. The van der Waals surface area contributed by atoms with Crippen molar-refractivity contribution in [3.8, 4) is 11.5 Å². The van der Waals surface area contributed by atoms with E-state index in [9.17, 15) is 5.11 Å². The summed E-state index contributed by atoms with van der Waals surface area (Å²) in [5.41, 5.74) is 9.12. The van der Waals surface area contributed by atoms with E-state index >= 15 is 0 Å². The molecule has 4 rings (SSSR count). The highest BCUT2D eigenvalue weighted by Crippen LogP contribution is 2.40. The van der Waals surface area contributed by atoms with Gasteiger partial charge in [0.1, 0.15) is 23.7 Å². The number of hydrogen-bond donors (Lipinski definition) is 2. The highest BCUT2D eigenvalue weighted by molar-refractivity contribution is 5.59. The highest BCUT2D eigenvalue weighted by Gasteiger charge is 2.36. The average molecular weight is 423 g/mol. The van der Waals surface area contributed by atoms with Crippen molar-refractivity contribution in [3.05, 3.63) is 47.4 Å². The highest BCUT2D eigenvalue weighted by atomic mass is 16.3. The molecule has 0 saturated carbocycles. The number of nitrogens with two attached hydrogens (primary N) is 1. The van der Waals surface area contributed by atoms with Gasteiger partial charge in [-0.2, -0.15) is 0 Å². The van der Waals surface area contributed by atoms with Gasteiger partial charge in [-0.05, 0) is 45.9 Å². The van der Waals surface area contributed by atoms with Gasteiger partial charge in [-0.25, -0.2) is 9.97 Å². The van der Waals surface area contributed by atoms with Gasteiger partial charge < -0.3 is 25.2 Å². The lowest BCUT2D eigenvalue weighted by Gasteiger charge is -2.25. The number of aromatic nitrogens is 5. The van der Waals surface area contributed by atoms with Crippen LogP contribution in [0.1, 0.15) is 50.7 Å². The average Bonchev–Trinajstić information content (AvgIpc) is 3.36. The number of nitrogens with zero attached hydrogens (tertiary/aromatic N) is 7. The van der Waals surface area contributed by atoms with Crippen molar-refractivity contribution in [2.24, 2.45) is 5.73 Å². The number of hydrogen-bond acceptors (Lipinski definition) is 8. The number of anilines is 2. The topological polar surface area (TPSA) is 109 Å². The molecule has 0 fully saturated rings. The van der Waals surface area contributed by atoms with Crippen LogP contribution in [0.15, 0.2) is 30.6 Å². The van der Waals surface area contributed by atoms with Crippen LogP contribution in [-0.2, 0) is 18.6 Å². The lowest BCUT2D eigenvalue weighted by Crippen LogP contribution is -2.32. The second-order valence-electron chi connectivity index (χ2n) is 8.46. The first-order valence-corrected chi connectivity index (χ1v) is 10.6. The summed E-state index contributed by atoms with van der Waals surface area (Å²) in [5.74, 6) is 2.17. The van der Waals surface area contributed by atoms with Crippen molar-refractivity contribution in [1.29, 1.82) is 0 Å². The van der Waals surface area contributed by atoms with Gasteiger partial charge in [0.15, 0.2) is 12.1 Å². The van der Waals surface area contributed by atoms with Gasteiger partial charge in [-0.1, -0.05) is 6.07 Å². The lowest BCUT2D eigenvalue weighted by molar-refractivity contribution is 0.181. The zero-order chi connectivity index (χ0) is 22.3. The largest absolute Gasteiger partial charge is 0.369 e. The van der Waals surface area contributed by atoms with E-state index in [-0.39, 0.29) is 0 Å². The fraction of sp³-hybridized carbons (Fsp3) is 0.455. The Kier molecular flexibility index (Phi) is 5.40. The predicted octanol–water partition coefficient (Wildman–Crippen LogP) is 2.42. The first-order chi connectivity index (χ1) is 14.7. The maximum Gasteiger partial charge on any atom is 0.182 e. The van der Waals surface area contributed by atoms with E-state index in [0.717, 1.165) is 35.7 Å². The van der Waals surface area contributed by atoms with Crippen molar-refractivity contribution in [1.82, 2.24) is 24.7 Å². The molecular formula is C22H30N8O. The third-order valence-corrected chi connectivity index (χ3v) is 5.74. The molecule has 3 aromatic heterocycles. The molecule has 0 amide bonds. The minimum absolute atomic E-state index is 0.479. The van der Waals surface area contributed by atoms with Gasteiger partial charge in [-0.15, -0.1) is 10.2 Å².